The summed E-state index contributed by atoms with van der Waals surface area (Å²) in [5.41, 5.74) is 2.22. The van der Waals surface area contributed by atoms with Gasteiger partial charge in [0.15, 0.2) is 0 Å². The highest BCUT2D eigenvalue weighted by Gasteiger charge is 1.79. The molecule has 0 bridgehead atoms. The molecule has 0 aliphatic rings. The normalized spacial score (nSPS) is 8.14. The number of hydrogen-bond acceptors (Lipinski definition) is 0. The van der Waals surface area contributed by atoms with Crippen molar-refractivity contribution in [2.75, 3.05) is 0 Å². The van der Waals surface area contributed by atoms with E-state index in [1.165, 1.54) is 6.42 Å². The Labute approximate surface area is 91.4 Å². The lowest BCUT2D eigenvalue weighted by molar-refractivity contribution is 1.09. The summed E-state index contributed by atoms with van der Waals surface area (Å²) >= 11 is 0. The Hall–Kier alpha value is -0.780. The molecule has 0 amide bonds. The van der Waals surface area contributed by atoms with Gasteiger partial charge in [-0.25, -0.2) is 0 Å². The summed E-state index contributed by atoms with van der Waals surface area (Å²) in [4.78, 5) is 0. The maximum atomic E-state index is 3.82. The maximum Gasteiger partial charge on any atom is -0.0313 e. The Bertz CT molecular complexity index is 149. The molecule has 14 heavy (non-hydrogen) atoms. The molecule has 0 aromatic rings. The highest BCUT2D eigenvalue weighted by Crippen LogP contribution is 2.00. The molecule has 0 saturated heterocycles. The molecule has 0 heterocycles. The minimum Gasteiger partial charge on any atom is -0.0961 e. The standard InChI is InChI=1S/C9H14.C3H8.C2H6/c1-5-9(4)7-6-8(2)3;1-3-2;1-2/h6-7H,2,4-5H2,1,3H3;3H2,1-2H3;1-2H3/b7-6-;;. The lowest BCUT2D eigenvalue weighted by Crippen LogP contribution is -1.69. The van der Waals surface area contributed by atoms with Gasteiger partial charge in [0.2, 0.25) is 0 Å². The zero-order valence-electron chi connectivity index (χ0n) is 11.0. The zero-order valence-corrected chi connectivity index (χ0v) is 11.0. The molecule has 84 valence electrons. The second-order valence-electron chi connectivity index (χ2n) is 2.90. The summed E-state index contributed by atoms with van der Waals surface area (Å²) < 4.78 is 0. The Morgan fingerprint density at radius 1 is 1.00 bits per heavy atom. The number of hydrogen-bond donors (Lipinski definition) is 0. The first-order valence-electron chi connectivity index (χ1n) is 5.59. The molecule has 0 fully saturated rings. The molecule has 0 aliphatic heterocycles. The van der Waals surface area contributed by atoms with Gasteiger partial charge in [-0.05, 0) is 13.3 Å². The van der Waals surface area contributed by atoms with Gasteiger partial charge in [0.05, 0.1) is 0 Å². The van der Waals surface area contributed by atoms with Gasteiger partial charge in [0.1, 0.15) is 0 Å². The van der Waals surface area contributed by atoms with Crippen molar-refractivity contribution in [3.05, 3.63) is 36.5 Å². The van der Waals surface area contributed by atoms with Crippen molar-refractivity contribution in [1.29, 1.82) is 0 Å². The van der Waals surface area contributed by atoms with Crippen molar-refractivity contribution < 1.29 is 0 Å². The van der Waals surface area contributed by atoms with E-state index in [-0.39, 0.29) is 0 Å². The van der Waals surface area contributed by atoms with E-state index in [0.29, 0.717) is 0 Å². The van der Waals surface area contributed by atoms with Crippen molar-refractivity contribution in [1.82, 2.24) is 0 Å². The highest BCUT2D eigenvalue weighted by molar-refractivity contribution is 5.22. The van der Waals surface area contributed by atoms with Gasteiger partial charge in [0.25, 0.3) is 0 Å². The number of rotatable bonds is 3. The first kappa shape index (κ1) is 18.9. The third-order valence-corrected chi connectivity index (χ3v) is 1.06. The summed E-state index contributed by atoms with van der Waals surface area (Å²) in [5.74, 6) is 0. The fourth-order valence-electron chi connectivity index (χ4n) is 0.378. The van der Waals surface area contributed by atoms with Gasteiger partial charge >= 0.3 is 0 Å². The summed E-state index contributed by atoms with van der Waals surface area (Å²) in [5, 5.41) is 0. The molecule has 0 aromatic carbocycles. The van der Waals surface area contributed by atoms with E-state index in [9.17, 15) is 0 Å². The van der Waals surface area contributed by atoms with Crippen LogP contribution in [-0.4, -0.2) is 0 Å². The van der Waals surface area contributed by atoms with Crippen LogP contribution in [0.5, 0.6) is 0 Å². The van der Waals surface area contributed by atoms with Gasteiger partial charge < -0.3 is 0 Å². The molecule has 0 N–H and O–H groups in total. The Morgan fingerprint density at radius 3 is 1.57 bits per heavy atom. The third-order valence-electron chi connectivity index (χ3n) is 1.06. The van der Waals surface area contributed by atoms with Gasteiger partial charge in [-0.3, -0.25) is 0 Å². The van der Waals surface area contributed by atoms with Crippen molar-refractivity contribution >= 4 is 0 Å². The van der Waals surface area contributed by atoms with E-state index in [0.717, 1.165) is 17.6 Å². The highest BCUT2D eigenvalue weighted by atomic mass is 13.9. The average Bonchev–Trinajstić information content (AvgIpc) is 2.18. The van der Waals surface area contributed by atoms with Crippen LogP contribution in [0.3, 0.4) is 0 Å². The minimum absolute atomic E-state index is 1.02. The van der Waals surface area contributed by atoms with Crippen molar-refractivity contribution in [3.63, 3.8) is 0 Å². The molecule has 0 radical (unpaired) electrons. The molecule has 0 spiro atoms. The SMILES string of the molecule is C=C(C)/C=C\C(=C)CC.CC.CCC. The molecular formula is C14H28. The van der Waals surface area contributed by atoms with Crippen molar-refractivity contribution in [2.45, 2.75) is 54.4 Å². The van der Waals surface area contributed by atoms with Gasteiger partial charge in [-0.1, -0.05) is 77.5 Å². The zero-order chi connectivity index (χ0) is 12.0. The summed E-state index contributed by atoms with van der Waals surface area (Å²) in [6.45, 7) is 19.9. The lowest BCUT2D eigenvalue weighted by atomic mass is 10.2. The van der Waals surface area contributed by atoms with E-state index in [1.54, 1.807) is 0 Å². The van der Waals surface area contributed by atoms with Crippen LogP contribution in [0.25, 0.3) is 0 Å². The summed E-state index contributed by atoms with van der Waals surface area (Å²) in [6, 6.07) is 0. The largest absolute Gasteiger partial charge is 0.0961 e. The van der Waals surface area contributed by atoms with Gasteiger partial charge in [-0.15, -0.1) is 0 Å². The Morgan fingerprint density at radius 2 is 1.36 bits per heavy atom. The molecule has 0 saturated carbocycles. The van der Waals surface area contributed by atoms with Gasteiger partial charge in [-0.2, -0.15) is 0 Å². The third kappa shape index (κ3) is 30.3. The molecule has 0 atom stereocenters. The Balaban J connectivity index is -0.000000205. The molecular weight excluding hydrogens is 168 g/mol. The maximum absolute atomic E-state index is 3.82. The van der Waals surface area contributed by atoms with Crippen LogP contribution in [0.1, 0.15) is 54.4 Å². The average molecular weight is 196 g/mol. The second-order valence-corrected chi connectivity index (χ2v) is 2.90. The fraction of sp³-hybridized carbons (Fsp3) is 0.571. The van der Waals surface area contributed by atoms with E-state index in [1.807, 2.05) is 32.9 Å². The van der Waals surface area contributed by atoms with Crippen LogP contribution in [0, 0.1) is 0 Å². The lowest BCUT2D eigenvalue weighted by Gasteiger charge is -1.89. The second kappa shape index (κ2) is 18.1. The first-order chi connectivity index (χ1) is 6.58. The quantitative estimate of drug-likeness (QED) is 0.521. The fourth-order valence-corrected chi connectivity index (χ4v) is 0.378. The van der Waals surface area contributed by atoms with Crippen LogP contribution in [0.15, 0.2) is 36.5 Å². The molecule has 0 unspecified atom stereocenters. The van der Waals surface area contributed by atoms with Crippen LogP contribution in [-0.2, 0) is 0 Å². The summed E-state index contributed by atoms with van der Waals surface area (Å²) in [7, 11) is 0. The van der Waals surface area contributed by atoms with Crippen LogP contribution < -0.4 is 0 Å². The van der Waals surface area contributed by atoms with Crippen LogP contribution in [0.2, 0.25) is 0 Å². The van der Waals surface area contributed by atoms with E-state index < -0.39 is 0 Å². The monoisotopic (exact) mass is 196 g/mol. The van der Waals surface area contributed by atoms with E-state index in [4.69, 9.17) is 0 Å². The molecule has 0 aromatic heterocycles. The van der Waals surface area contributed by atoms with Crippen LogP contribution in [0.4, 0.5) is 0 Å². The van der Waals surface area contributed by atoms with Crippen molar-refractivity contribution in [3.8, 4) is 0 Å². The van der Waals surface area contributed by atoms with Crippen LogP contribution >= 0.6 is 0 Å². The predicted octanol–water partition coefficient (Wildman–Crippen LogP) is 5.53. The smallest absolute Gasteiger partial charge is 0.0313 e. The molecule has 0 aliphatic carbocycles. The first-order valence-corrected chi connectivity index (χ1v) is 5.59. The molecule has 0 nitrogen and oxygen atoms in total. The van der Waals surface area contributed by atoms with E-state index >= 15 is 0 Å². The van der Waals surface area contributed by atoms with Crippen molar-refractivity contribution in [2.24, 2.45) is 0 Å². The topological polar surface area (TPSA) is 0 Å². The number of allylic oxidation sites excluding steroid dienone is 4. The van der Waals surface area contributed by atoms with E-state index in [2.05, 4.69) is 33.9 Å². The van der Waals surface area contributed by atoms with Gasteiger partial charge in [0, 0.05) is 0 Å². The molecule has 0 heteroatoms. The predicted molar refractivity (Wildman–Crippen MR) is 70.7 cm³/mol. The summed E-state index contributed by atoms with van der Waals surface area (Å²) in [6.07, 6.45) is 6.25. The minimum atomic E-state index is 1.02. The molecule has 0 rings (SSSR count). The Kier molecular flexibility index (Phi) is 24.4.